The Labute approximate surface area is 103 Å². The van der Waals surface area contributed by atoms with E-state index < -0.39 is 0 Å². The zero-order valence-electron chi connectivity index (χ0n) is 9.48. The summed E-state index contributed by atoms with van der Waals surface area (Å²) in [4.78, 5) is 0. The number of tetrazole rings is 1. The van der Waals surface area contributed by atoms with Crippen molar-refractivity contribution >= 4 is 15.9 Å². The smallest absolute Gasteiger partial charge is 0.159 e. The van der Waals surface area contributed by atoms with Crippen LogP contribution < -0.4 is 0 Å². The molecule has 0 atom stereocenters. The Morgan fingerprint density at radius 3 is 2.75 bits per heavy atom. The minimum Gasteiger partial charge on any atom is -0.197 e. The maximum Gasteiger partial charge on any atom is 0.159 e. The quantitative estimate of drug-likeness (QED) is 0.850. The second-order valence-corrected chi connectivity index (χ2v) is 4.95. The average Bonchev–Trinajstić information content (AvgIpc) is 2.70. The maximum atomic E-state index is 4.05. The molecular formula is C11H13BrN4. The lowest BCUT2D eigenvalue weighted by Crippen LogP contribution is -2.06. The third kappa shape index (κ3) is 2.00. The number of rotatable bonds is 2. The van der Waals surface area contributed by atoms with E-state index in [2.05, 4.69) is 45.3 Å². The van der Waals surface area contributed by atoms with Gasteiger partial charge in [-0.1, -0.05) is 35.8 Å². The van der Waals surface area contributed by atoms with Crippen molar-refractivity contribution in [1.29, 1.82) is 0 Å². The van der Waals surface area contributed by atoms with Crippen molar-refractivity contribution in [3.8, 4) is 5.69 Å². The number of halogens is 1. The monoisotopic (exact) mass is 280 g/mol. The van der Waals surface area contributed by atoms with Gasteiger partial charge in [-0.3, -0.25) is 0 Å². The lowest BCUT2D eigenvalue weighted by molar-refractivity contribution is 0.707. The molecule has 0 aliphatic rings. The molecule has 0 aliphatic heterocycles. The van der Waals surface area contributed by atoms with E-state index in [-0.39, 0.29) is 0 Å². The van der Waals surface area contributed by atoms with E-state index in [9.17, 15) is 0 Å². The molecule has 1 aromatic heterocycles. The zero-order valence-corrected chi connectivity index (χ0v) is 11.1. The summed E-state index contributed by atoms with van der Waals surface area (Å²) in [6, 6.07) is 6.08. The van der Waals surface area contributed by atoms with Crippen LogP contribution in [-0.4, -0.2) is 20.2 Å². The molecule has 0 N–H and O–H groups in total. The van der Waals surface area contributed by atoms with Crippen LogP contribution in [0.15, 0.2) is 22.7 Å². The van der Waals surface area contributed by atoms with Crippen molar-refractivity contribution in [2.45, 2.75) is 26.7 Å². The van der Waals surface area contributed by atoms with E-state index in [1.54, 1.807) is 4.68 Å². The number of benzene rings is 1. The molecule has 1 aromatic carbocycles. The highest BCUT2D eigenvalue weighted by Gasteiger charge is 2.13. The third-order valence-electron chi connectivity index (χ3n) is 2.41. The molecule has 1 heterocycles. The van der Waals surface area contributed by atoms with Crippen molar-refractivity contribution in [1.82, 2.24) is 20.2 Å². The standard InChI is InChI=1S/C11H13BrN4/c1-7(2)11-13-14-15-16(11)10-6-9(12)5-4-8(10)3/h4-7H,1-3H3. The molecule has 0 aliphatic carbocycles. The van der Waals surface area contributed by atoms with Crippen LogP contribution >= 0.6 is 15.9 Å². The average molecular weight is 281 g/mol. The van der Waals surface area contributed by atoms with Crippen LogP contribution in [0.5, 0.6) is 0 Å². The summed E-state index contributed by atoms with van der Waals surface area (Å²) in [5, 5.41) is 11.8. The van der Waals surface area contributed by atoms with E-state index >= 15 is 0 Å². The van der Waals surface area contributed by atoms with E-state index in [4.69, 9.17) is 0 Å². The molecule has 0 spiro atoms. The molecule has 0 fully saturated rings. The molecule has 2 aromatic rings. The molecule has 0 bridgehead atoms. The summed E-state index contributed by atoms with van der Waals surface area (Å²) in [6.07, 6.45) is 0. The van der Waals surface area contributed by atoms with E-state index in [0.717, 1.165) is 21.5 Å². The second kappa shape index (κ2) is 4.33. The van der Waals surface area contributed by atoms with Gasteiger partial charge in [0.2, 0.25) is 0 Å². The Morgan fingerprint density at radius 1 is 1.31 bits per heavy atom. The van der Waals surface area contributed by atoms with Crippen LogP contribution in [0, 0.1) is 6.92 Å². The molecule has 0 unspecified atom stereocenters. The summed E-state index contributed by atoms with van der Waals surface area (Å²) < 4.78 is 2.82. The van der Waals surface area contributed by atoms with Crippen LogP contribution in [0.25, 0.3) is 5.69 Å². The molecule has 4 nitrogen and oxygen atoms in total. The van der Waals surface area contributed by atoms with Gasteiger partial charge in [0.05, 0.1) is 5.69 Å². The number of aromatic nitrogens is 4. The largest absolute Gasteiger partial charge is 0.197 e. The van der Waals surface area contributed by atoms with Crippen molar-refractivity contribution in [3.05, 3.63) is 34.1 Å². The molecule has 0 amide bonds. The molecule has 84 valence electrons. The van der Waals surface area contributed by atoms with Crippen molar-refractivity contribution in [2.75, 3.05) is 0 Å². The summed E-state index contributed by atoms with van der Waals surface area (Å²) >= 11 is 3.46. The van der Waals surface area contributed by atoms with Gasteiger partial charge >= 0.3 is 0 Å². The van der Waals surface area contributed by atoms with Gasteiger partial charge in [-0.15, -0.1) is 5.10 Å². The first-order chi connectivity index (χ1) is 7.59. The molecule has 5 heteroatoms. The lowest BCUT2D eigenvalue weighted by atomic mass is 10.1. The van der Waals surface area contributed by atoms with Gasteiger partial charge in [-0.05, 0) is 35.0 Å². The Bertz CT molecular complexity index is 504. The predicted octanol–water partition coefficient (Wildman–Crippen LogP) is 2.86. The Hall–Kier alpha value is -1.23. The van der Waals surface area contributed by atoms with Crippen LogP contribution in [0.2, 0.25) is 0 Å². The highest BCUT2D eigenvalue weighted by molar-refractivity contribution is 9.10. The summed E-state index contributed by atoms with van der Waals surface area (Å²) in [6.45, 7) is 6.21. The molecule has 0 radical (unpaired) electrons. The topological polar surface area (TPSA) is 43.6 Å². The molecular weight excluding hydrogens is 268 g/mol. The number of aryl methyl sites for hydroxylation is 1. The van der Waals surface area contributed by atoms with Crippen LogP contribution in [-0.2, 0) is 0 Å². The van der Waals surface area contributed by atoms with Crippen LogP contribution in [0.3, 0.4) is 0 Å². The Morgan fingerprint density at radius 2 is 2.06 bits per heavy atom. The van der Waals surface area contributed by atoms with E-state index in [1.807, 2.05) is 25.1 Å². The summed E-state index contributed by atoms with van der Waals surface area (Å²) in [5.74, 6) is 1.18. The zero-order chi connectivity index (χ0) is 11.7. The van der Waals surface area contributed by atoms with Gasteiger partial charge < -0.3 is 0 Å². The van der Waals surface area contributed by atoms with Crippen molar-refractivity contribution < 1.29 is 0 Å². The fourth-order valence-electron chi connectivity index (χ4n) is 1.54. The lowest BCUT2D eigenvalue weighted by Gasteiger charge is -2.09. The Balaban J connectivity index is 2.58. The van der Waals surface area contributed by atoms with Gasteiger partial charge in [0.25, 0.3) is 0 Å². The minimum atomic E-state index is 0.299. The SMILES string of the molecule is Cc1ccc(Br)cc1-n1nnnc1C(C)C. The second-order valence-electron chi connectivity index (χ2n) is 4.03. The summed E-state index contributed by atoms with van der Waals surface area (Å²) in [5.41, 5.74) is 2.17. The first-order valence-electron chi connectivity index (χ1n) is 5.14. The highest BCUT2D eigenvalue weighted by atomic mass is 79.9. The van der Waals surface area contributed by atoms with Gasteiger partial charge in [0, 0.05) is 10.4 Å². The third-order valence-corrected chi connectivity index (χ3v) is 2.90. The fraction of sp³-hybridized carbons (Fsp3) is 0.364. The number of hydrogen-bond acceptors (Lipinski definition) is 3. The normalized spacial score (nSPS) is 11.1. The number of hydrogen-bond donors (Lipinski definition) is 0. The van der Waals surface area contributed by atoms with Gasteiger partial charge in [-0.2, -0.15) is 4.68 Å². The first-order valence-corrected chi connectivity index (χ1v) is 5.93. The predicted molar refractivity (Wildman–Crippen MR) is 65.7 cm³/mol. The highest BCUT2D eigenvalue weighted by Crippen LogP contribution is 2.22. The van der Waals surface area contributed by atoms with Gasteiger partial charge in [-0.25, -0.2) is 0 Å². The van der Waals surface area contributed by atoms with Crippen molar-refractivity contribution in [2.24, 2.45) is 0 Å². The minimum absolute atomic E-state index is 0.299. The molecule has 2 rings (SSSR count). The van der Waals surface area contributed by atoms with Gasteiger partial charge in [0.15, 0.2) is 5.82 Å². The maximum absolute atomic E-state index is 4.05. The van der Waals surface area contributed by atoms with E-state index in [0.29, 0.717) is 5.92 Å². The van der Waals surface area contributed by atoms with Crippen molar-refractivity contribution in [3.63, 3.8) is 0 Å². The first kappa shape index (κ1) is 11.3. The molecule has 0 saturated carbocycles. The van der Waals surface area contributed by atoms with Crippen LogP contribution in [0.4, 0.5) is 0 Å². The summed E-state index contributed by atoms with van der Waals surface area (Å²) in [7, 11) is 0. The molecule has 16 heavy (non-hydrogen) atoms. The van der Waals surface area contributed by atoms with Crippen LogP contribution in [0.1, 0.15) is 31.2 Å². The van der Waals surface area contributed by atoms with Gasteiger partial charge in [0.1, 0.15) is 0 Å². The molecule has 0 saturated heterocycles. The Kier molecular flexibility index (Phi) is 3.05. The van der Waals surface area contributed by atoms with E-state index in [1.165, 1.54) is 0 Å². The number of nitrogens with zero attached hydrogens (tertiary/aromatic N) is 4. The fourth-order valence-corrected chi connectivity index (χ4v) is 1.89.